The lowest BCUT2D eigenvalue weighted by Crippen LogP contribution is -2.07. The highest BCUT2D eigenvalue weighted by molar-refractivity contribution is 6.09. The number of fused-ring (bicyclic) bond motifs is 3. The van der Waals surface area contributed by atoms with Crippen LogP contribution in [0.1, 0.15) is 39.3 Å². The van der Waals surface area contributed by atoms with Gasteiger partial charge in [-0.2, -0.15) is 5.10 Å². The Morgan fingerprint density at radius 3 is 2.73 bits per heavy atom. The average Bonchev–Trinajstić information content (AvgIpc) is 2.84. The van der Waals surface area contributed by atoms with Crippen molar-refractivity contribution in [2.45, 2.75) is 46.6 Å². The van der Waals surface area contributed by atoms with Crippen molar-refractivity contribution in [2.24, 2.45) is 5.92 Å². The van der Waals surface area contributed by atoms with Gasteiger partial charge in [0.05, 0.1) is 5.52 Å². The first-order chi connectivity index (χ1) is 10.6. The van der Waals surface area contributed by atoms with E-state index in [1.807, 2.05) is 12.1 Å². The Bertz CT molecular complexity index is 802. The fourth-order valence-corrected chi connectivity index (χ4v) is 3.01. The van der Waals surface area contributed by atoms with Gasteiger partial charge < -0.3 is 5.73 Å². The van der Waals surface area contributed by atoms with Crippen molar-refractivity contribution in [3.8, 4) is 0 Å². The minimum Gasteiger partial charge on any atom is -0.382 e. The molecular formula is C18H24N4. The second-order valence-corrected chi connectivity index (χ2v) is 6.36. The van der Waals surface area contributed by atoms with E-state index in [1.54, 1.807) is 0 Å². The minimum atomic E-state index is 0.536. The lowest BCUT2D eigenvalue weighted by atomic mass is 10.0. The number of unbranched alkanes of at least 4 members (excludes halogenated alkanes) is 1. The monoisotopic (exact) mass is 296 g/mol. The number of rotatable bonds is 5. The number of hydrogen-bond acceptors (Lipinski definition) is 3. The molecule has 3 aromatic rings. The Labute approximate surface area is 131 Å². The third kappa shape index (κ3) is 2.54. The van der Waals surface area contributed by atoms with Gasteiger partial charge in [0.2, 0.25) is 0 Å². The van der Waals surface area contributed by atoms with E-state index < -0.39 is 0 Å². The molecule has 1 aromatic carbocycles. The average molecular weight is 296 g/mol. The molecule has 0 fully saturated rings. The van der Waals surface area contributed by atoms with Crippen LogP contribution < -0.4 is 5.73 Å². The maximum atomic E-state index is 6.18. The first-order valence-corrected chi connectivity index (χ1v) is 8.15. The molecule has 0 radical (unpaired) electrons. The van der Waals surface area contributed by atoms with E-state index in [9.17, 15) is 0 Å². The van der Waals surface area contributed by atoms with Crippen LogP contribution in [0.3, 0.4) is 0 Å². The molecule has 22 heavy (non-hydrogen) atoms. The maximum Gasteiger partial charge on any atom is 0.152 e. The third-order valence-corrected chi connectivity index (χ3v) is 4.04. The van der Waals surface area contributed by atoms with Gasteiger partial charge in [0.25, 0.3) is 0 Å². The molecule has 0 saturated carbocycles. The summed E-state index contributed by atoms with van der Waals surface area (Å²) in [5, 5.41) is 7.13. The molecule has 2 N–H and O–H groups in total. The van der Waals surface area contributed by atoms with Crippen LogP contribution in [-0.4, -0.2) is 14.8 Å². The lowest BCUT2D eigenvalue weighted by molar-refractivity contribution is 0.526. The topological polar surface area (TPSA) is 56.7 Å². The van der Waals surface area contributed by atoms with Gasteiger partial charge in [0, 0.05) is 23.0 Å². The summed E-state index contributed by atoms with van der Waals surface area (Å²) in [6.45, 7) is 7.64. The van der Waals surface area contributed by atoms with Crippen LogP contribution in [-0.2, 0) is 13.0 Å². The summed E-state index contributed by atoms with van der Waals surface area (Å²) in [4.78, 5) is 4.52. The summed E-state index contributed by atoms with van der Waals surface area (Å²) in [7, 11) is 0. The van der Waals surface area contributed by atoms with Crippen LogP contribution in [0.5, 0.6) is 0 Å². The number of nitrogens with zero attached hydrogens (tertiary/aromatic N) is 3. The second-order valence-electron chi connectivity index (χ2n) is 6.36. The summed E-state index contributed by atoms with van der Waals surface area (Å²) < 4.78 is 2.15. The summed E-state index contributed by atoms with van der Waals surface area (Å²) in [5.41, 5.74) is 9.28. The Morgan fingerprint density at radius 2 is 2.00 bits per heavy atom. The highest BCUT2D eigenvalue weighted by Gasteiger charge is 2.18. The Kier molecular flexibility index (Phi) is 4.01. The smallest absolute Gasteiger partial charge is 0.152 e. The lowest BCUT2D eigenvalue weighted by Gasteiger charge is -2.10. The quantitative estimate of drug-likeness (QED) is 0.769. The molecule has 2 heterocycles. The van der Waals surface area contributed by atoms with E-state index in [1.165, 1.54) is 11.1 Å². The molecule has 2 aromatic heterocycles. The zero-order valence-electron chi connectivity index (χ0n) is 13.6. The maximum absolute atomic E-state index is 6.18. The molecule has 3 rings (SSSR count). The molecule has 0 bridgehead atoms. The third-order valence-electron chi connectivity index (χ3n) is 4.04. The van der Waals surface area contributed by atoms with E-state index in [2.05, 4.69) is 42.6 Å². The van der Waals surface area contributed by atoms with Crippen LogP contribution in [0, 0.1) is 5.92 Å². The second kappa shape index (κ2) is 5.95. The normalized spacial score (nSPS) is 11.8. The van der Waals surface area contributed by atoms with E-state index in [-0.39, 0.29) is 0 Å². The molecule has 0 aliphatic carbocycles. The number of para-hydroxylation sites is 1. The molecule has 0 atom stereocenters. The molecule has 0 spiro atoms. The van der Waals surface area contributed by atoms with Crippen molar-refractivity contribution in [3.63, 3.8) is 0 Å². The largest absolute Gasteiger partial charge is 0.382 e. The van der Waals surface area contributed by atoms with Gasteiger partial charge in [-0.25, -0.2) is 4.98 Å². The standard InChI is InChI=1S/C18H24N4/c1-4-5-10-22-15(11-12(2)3)16-13-8-6-7-9-14(13)20-18(19)17(16)21-22/h6-9,12H,4-5,10-11H2,1-3H3,(H2,19,20). The van der Waals surface area contributed by atoms with Crippen molar-refractivity contribution in [3.05, 3.63) is 30.0 Å². The van der Waals surface area contributed by atoms with Crippen molar-refractivity contribution in [2.75, 3.05) is 5.73 Å². The zero-order chi connectivity index (χ0) is 15.7. The van der Waals surface area contributed by atoms with Crippen molar-refractivity contribution >= 4 is 27.6 Å². The molecule has 0 aliphatic heterocycles. The highest BCUT2D eigenvalue weighted by Crippen LogP contribution is 2.31. The number of nitrogens with two attached hydrogens (primary N) is 1. The van der Waals surface area contributed by atoms with Gasteiger partial charge in [-0.05, 0) is 24.8 Å². The molecule has 0 aliphatic rings. The number of hydrogen-bond donors (Lipinski definition) is 1. The number of aromatic nitrogens is 3. The van der Waals surface area contributed by atoms with Crippen LogP contribution >= 0.6 is 0 Å². The SMILES string of the molecule is CCCCn1nc2c(N)nc3ccccc3c2c1CC(C)C. The first kappa shape index (κ1) is 14.8. The van der Waals surface area contributed by atoms with Gasteiger partial charge in [-0.1, -0.05) is 45.4 Å². The number of aryl methyl sites for hydroxylation is 1. The van der Waals surface area contributed by atoms with Gasteiger partial charge in [-0.15, -0.1) is 0 Å². The minimum absolute atomic E-state index is 0.536. The van der Waals surface area contributed by atoms with Crippen LogP contribution in [0.4, 0.5) is 5.82 Å². The van der Waals surface area contributed by atoms with Gasteiger partial charge in [0.15, 0.2) is 5.82 Å². The van der Waals surface area contributed by atoms with Crippen molar-refractivity contribution in [1.29, 1.82) is 0 Å². The molecular weight excluding hydrogens is 272 g/mol. The predicted molar refractivity (Wildman–Crippen MR) is 92.9 cm³/mol. The molecule has 0 amide bonds. The van der Waals surface area contributed by atoms with E-state index >= 15 is 0 Å². The summed E-state index contributed by atoms with van der Waals surface area (Å²) in [6.07, 6.45) is 3.30. The van der Waals surface area contributed by atoms with Gasteiger partial charge >= 0.3 is 0 Å². The van der Waals surface area contributed by atoms with Crippen molar-refractivity contribution < 1.29 is 0 Å². The zero-order valence-corrected chi connectivity index (χ0v) is 13.6. The Hall–Kier alpha value is -2.10. The van der Waals surface area contributed by atoms with Crippen molar-refractivity contribution in [1.82, 2.24) is 14.8 Å². The molecule has 116 valence electrons. The number of benzene rings is 1. The number of nitrogen functional groups attached to an aromatic ring is 1. The summed E-state index contributed by atoms with van der Waals surface area (Å²) in [5.74, 6) is 1.11. The van der Waals surface area contributed by atoms with Crippen LogP contribution in [0.25, 0.3) is 21.8 Å². The number of anilines is 1. The highest BCUT2D eigenvalue weighted by atomic mass is 15.3. The van der Waals surface area contributed by atoms with E-state index in [4.69, 9.17) is 10.8 Å². The first-order valence-electron chi connectivity index (χ1n) is 8.15. The fraction of sp³-hybridized carbons (Fsp3) is 0.444. The molecule has 4 heteroatoms. The van der Waals surface area contributed by atoms with E-state index in [0.717, 1.165) is 42.2 Å². The molecule has 0 unspecified atom stereocenters. The molecule has 4 nitrogen and oxygen atoms in total. The van der Waals surface area contributed by atoms with Crippen LogP contribution in [0.2, 0.25) is 0 Å². The van der Waals surface area contributed by atoms with E-state index in [0.29, 0.717) is 11.7 Å². The molecule has 0 saturated heterocycles. The Morgan fingerprint density at radius 1 is 1.23 bits per heavy atom. The van der Waals surface area contributed by atoms with Gasteiger partial charge in [0.1, 0.15) is 5.52 Å². The summed E-state index contributed by atoms with van der Waals surface area (Å²) >= 11 is 0. The number of pyridine rings is 1. The Balaban J connectivity index is 2.32. The van der Waals surface area contributed by atoms with Crippen LogP contribution in [0.15, 0.2) is 24.3 Å². The van der Waals surface area contributed by atoms with Gasteiger partial charge in [-0.3, -0.25) is 4.68 Å². The summed E-state index contributed by atoms with van der Waals surface area (Å²) in [6, 6.07) is 8.21. The fourth-order valence-electron chi connectivity index (χ4n) is 3.01. The predicted octanol–water partition coefficient (Wildman–Crippen LogP) is 4.17.